The van der Waals surface area contributed by atoms with Gasteiger partial charge in [0.25, 0.3) is 5.56 Å². The molecule has 0 bridgehead atoms. The van der Waals surface area contributed by atoms with Gasteiger partial charge in [0.2, 0.25) is 5.91 Å². The Bertz CT molecular complexity index is 1150. The number of nitrogens with zero attached hydrogens (tertiary/aromatic N) is 3. The summed E-state index contributed by atoms with van der Waals surface area (Å²) in [5, 5.41) is 0.0750. The van der Waals surface area contributed by atoms with E-state index in [1.54, 1.807) is 4.90 Å². The molecule has 156 valence electrons. The van der Waals surface area contributed by atoms with Crippen LogP contribution in [0.2, 0.25) is 0 Å². The van der Waals surface area contributed by atoms with E-state index < -0.39 is 23.1 Å². The number of alkyl halides is 3. The molecule has 0 radical (unpaired) electrons. The molecule has 9 heteroatoms. The lowest BCUT2D eigenvalue weighted by Crippen LogP contribution is -2.37. The summed E-state index contributed by atoms with van der Waals surface area (Å²) in [6.07, 6.45) is -1.59. The van der Waals surface area contributed by atoms with E-state index >= 15 is 0 Å². The number of carbonyl (C=O) groups excluding carboxylic acids is 1. The Morgan fingerprint density at radius 2 is 1.83 bits per heavy atom. The number of hydrogen-bond donors (Lipinski definition) is 0. The first-order valence-electron chi connectivity index (χ1n) is 9.33. The fourth-order valence-electron chi connectivity index (χ4n) is 3.28. The van der Waals surface area contributed by atoms with Gasteiger partial charge in [-0.3, -0.25) is 14.2 Å². The van der Waals surface area contributed by atoms with E-state index in [4.69, 9.17) is 0 Å². The van der Waals surface area contributed by atoms with E-state index in [0.717, 1.165) is 35.6 Å². The summed E-state index contributed by atoms with van der Waals surface area (Å²) >= 11 is 0. The molecule has 1 heterocycles. The second kappa shape index (κ2) is 7.55. The number of amides is 1. The number of carbonyl (C=O) groups is 1. The smallest absolute Gasteiger partial charge is 0.334 e. The zero-order valence-corrected chi connectivity index (χ0v) is 15.7. The van der Waals surface area contributed by atoms with Crippen LogP contribution in [-0.4, -0.2) is 26.4 Å². The normalized spacial score (nSPS) is 14.1. The van der Waals surface area contributed by atoms with E-state index in [2.05, 4.69) is 4.98 Å². The van der Waals surface area contributed by atoms with Crippen LogP contribution in [0.15, 0.2) is 53.6 Å². The van der Waals surface area contributed by atoms with Crippen LogP contribution in [0.5, 0.6) is 0 Å². The minimum absolute atomic E-state index is 0.0126. The molecule has 0 spiro atoms. The van der Waals surface area contributed by atoms with Crippen molar-refractivity contribution in [3.63, 3.8) is 0 Å². The number of fused-ring (bicyclic) bond motifs is 1. The molecule has 0 N–H and O–H groups in total. The molecule has 0 atom stereocenters. The van der Waals surface area contributed by atoms with Gasteiger partial charge in [-0.1, -0.05) is 12.1 Å². The van der Waals surface area contributed by atoms with Crippen molar-refractivity contribution in [3.8, 4) is 0 Å². The highest BCUT2D eigenvalue weighted by atomic mass is 19.4. The van der Waals surface area contributed by atoms with Gasteiger partial charge in [0, 0.05) is 12.6 Å². The zero-order chi connectivity index (χ0) is 21.5. The van der Waals surface area contributed by atoms with Crippen molar-refractivity contribution in [2.24, 2.45) is 0 Å². The molecule has 1 amide bonds. The predicted octanol–water partition coefficient (Wildman–Crippen LogP) is 3.75. The SMILES string of the molecule is O=C(Cn1cnc2ccc(F)cc2c1=O)N(Cc1ccc(C(F)(F)F)cc1)C1CC1. The maximum Gasteiger partial charge on any atom is 0.416 e. The van der Waals surface area contributed by atoms with Crippen LogP contribution in [0.4, 0.5) is 17.6 Å². The summed E-state index contributed by atoms with van der Waals surface area (Å²) in [6, 6.07) is 8.31. The summed E-state index contributed by atoms with van der Waals surface area (Å²) in [5.41, 5.74) is -0.391. The van der Waals surface area contributed by atoms with Crippen LogP contribution in [-0.2, 0) is 24.1 Å². The summed E-state index contributed by atoms with van der Waals surface area (Å²) < 4.78 is 52.8. The standard InChI is InChI=1S/C21H17F4N3O2/c22-15-5-8-18-17(9-15)20(30)27(12-26-18)11-19(29)28(16-6-7-16)10-13-1-3-14(4-2-13)21(23,24)25/h1-5,8-9,12,16H,6-7,10-11H2. The third-order valence-corrected chi connectivity index (χ3v) is 5.03. The Morgan fingerprint density at radius 1 is 1.13 bits per heavy atom. The largest absolute Gasteiger partial charge is 0.416 e. The zero-order valence-electron chi connectivity index (χ0n) is 15.7. The van der Waals surface area contributed by atoms with Gasteiger partial charge in [0.15, 0.2) is 0 Å². The quantitative estimate of drug-likeness (QED) is 0.592. The van der Waals surface area contributed by atoms with Gasteiger partial charge in [-0.15, -0.1) is 0 Å². The molecule has 1 aromatic heterocycles. The highest BCUT2D eigenvalue weighted by Crippen LogP contribution is 2.31. The number of rotatable bonds is 5. The molecular weight excluding hydrogens is 402 g/mol. The predicted molar refractivity (Wildman–Crippen MR) is 101 cm³/mol. The molecule has 1 aliphatic carbocycles. The Kier molecular flexibility index (Phi) is 5.05. The molecule has 5 nitrogen and oxygen atoms in total. The average Bonchev–Trinajstić information content (AvgIpc) is 3.53. The molecule has 3 aromatic rings. The van der Waals surface area contributed by atoms with E-state index in [9.17, 15) is 27.2 Å². The van der Waals surface area contributed by atoms with Gasteiger partial charge >= 0.3 is 6.18 Å². The van der Waals surface area contributed by atoms with Crippen LogP contribution in [0.25, 0.3) is 10.9 Å². The molecule has 2 aromatic carbocycles. The van der Waals surface area contributed by atoms with Crippen LogP contribution in [0.3, 0.4) is 0 Å². The van der Waals surface area contributed by atoms with E-state index in [-0.39, 0.29) is 30.4 Å². The molecule has 4 rings (SSSR count). The fraction of sp³-hybridized carbons (Fsp3) is 0.286. The van der Waals surface area contributed by atoms with Crippen LogP contribution < -0.4 is 5.56 Å². The van der Waals surface area contributed by atoms with E-state index in [0.29, 0.717) is 11.1 Å². The molecule has 1 aliphatic rings. The van der Waals surface area contributed by atoms with Gasteiger partial charge in [-0.25, -0.2) is 9.37 Å². The summed E-state index contributed by atoms with van der Waals surface area (Å²) in [6.45, 7) is -0.137. The Morgan fingerprint density at radius 3 is 2.47 bits per heavy atom. The molecule has 1 saturated carbocycles. The van der Waals surface area contributed by atoms with Crippen molar-refractivity contribution in [1.82, 2.24) is 14.5 Å². The Hall–Kier alpha value is -3.23. The number of benzene rings is 2. The summed E-state index contributed by atoms with van der Waals surface area (Å²) in [7, 11) is 0. The maximum atomic E-state index is 13.5. The van der Waals surface area contributed by atoms with E-state index in [1.807, 2.05) is 0 Å². The van der Waals surface area contributed by atoms with Gasteiger partial charge in [-0.2, -0.15) is 13.2 Å². The fourth-order valence-corrected chi connectivity index (χ4v) is 3.28. The molecule has 0 aliphatic heterocycles. The molecule has 30 heavy (non-hydrogen) atoms. The first kappa shape index (κ1) is 20.1. The van der Waals surface area contributed by atoms with Gasteiger partial charge in [0.1, 0.15) is 12.4 Å². The van der Waals surface area contributed by atoms with E-state index in [1.165, 1.54) is 30.6 Å². The molecule has 0 saturated heterocycles. The maximum absolute atomic E-state index is 13.5. The van der Waals surface area contributed by atoms with Gasteiger partial charge in [0.05, 0.1) is 22.8 Å². The van der Waals surface area contributed by atoms with Gasteiger partial charge in [-0.05, 0) is 48.7 Å². The third kappa shape index (κ3) is 4.19. The van der Waals surface area contributed by atoms with Crippen LogP contribution in [0.1, 0.15) is 24.0 Å². The second-order valence-electron chi connectivity index (χ2n) is 7.29. The van der Waals surface area contributed by atoms with Crippen molar-refractivity contribution in [2.45, 2.75) is 38.1 Å². The van der Waals surface area contributed by atoms with Crippen LogP contribution >= 0.6 is 0 Å². The average molecular weight is 419 g/mol. The van der Waals surface area contributed by atoms with Crippen molar-refractivity contribution >= 4 is 16.8 Å². The molecule has 1 fully saturated rings. The number of hydrogen-bond acceptors (Lipinski definition) is 3. The lowest BCUT2D eigenvalue weighted by molar-refractivity contribution is -0.137. The first-order valence-corrected chi connectivity index (χ1v) is 9.33. The minimum Gasteiger partial charge on any atom is -0.334 e. The van der Waals surface area contributed by atoms with Crippen molar-refractivity contribution in [3.05, 3.63) is 76.1 Å². The lowest BCUT2D eigenvalue weighted by Gasteiger charge is -2.23. The Labute approximate surface area is 168 Å². The van der Waals surface area contributed by atoms with Crippen molar-refractivity contribution < 1.29 is 22.4 Å². The monoisotopic (exact) mass is 419 g/mol. The number of aromatic nitrogens is 2. The van der Waals surface area contributed by atoms with Crippen molar-refractivity contribution in [2.75, 3.05) is 0 Å². The summed E-state index contributed by atoms with van der Waals surface area (Å²) in [4.78, 5) is 31.1. The minimum atomic E-state index is -4.42. The van der Waals surface area contributed by atoms with Crippen molar-refractivity contribution in [1.29, 1.82) is 0 Å². The van der Waals surface area contributed by atoms with Gasteiger partial charge < -0.3 is 4.90 Å². The highest BCUT2D eigenvalue weighted by molar-refractivity contribution is 5.79. The highest BCUT2D eigenvalue weighted by Gasteiger charge is 2.33. The van der Waals surface area contributed by atoms with Crippen LogP contribution in [0, 0.1) is 5.82 Å². The topological polar surface area (TPSA) is 55.2 Å². The molecular formula is C21H17F4N3O2. The first-order chi connectivity index (χ1) is 14.2. The second-order valence-corrected chi connectivity index (χ2v) is 7.29. The summed E-state index contributed by atoms with van der Waals surface area (Å²) in [5.74, 6) is -0.926. The number of halogens is 4. The molecule has 0 unspecified atom stereocenters. The third-order valence-electron chi connectivity index (χ3n) is 5.03. The Balaban J connectivity index is 1.54. The lowest BCUT2D eigenvalue weighted by atomic mass is 10.1.